The number of ether oxygens (including phenoxy) is 4. The molecule has 0 aromatic heterocycles. The van der Waals surface area contributed by atoms with Crippen LogP contribution in [-0.4, -0.2) is 197 Å². The number of unbranched alkanes of at least 4 members (excludes halogenated alkanes) is 3. The molecule has 0 rings (SSSR count). The quantitative estimate of drug-likeness (QED) is 0.0139. The number of hydrogen-bond donors (Lipinski definition) is 13. The second kappa shape index (κ2) is 54.0. The molecule has 0 aliphatic rings. The van der Waals surface area contributed by atoms with Gasteiger partial charge in [-0.1, -0.05) is 54.8 Å². The fraction of sp³-hybridized carbons (Fsp3) is 0.778. The van der Waals surface area contributed by atoms with Gasteiger partial charge in [-0.25, -0.2) is 4.79 Å². The monoisotopic (exact) mass is 1300 g/mol. The smallest absolute Gasteiger partial charge is 0.312 e. The Hall–Kier alpha value is -4.39. The van der Waals surface area contributed by atoms with E-state index in [1.807, 2.05) is 13.2 Å². The molecule has 0 saturated heterocycles. The standard InChI is InChI=1S/C23H43N10O7.C21H42N2O7S2.CH2O2.W/c1-3-14(19(26)36)32-22(39)16(7-4-5-9-24)33-20(37)13(2)30-21(38)15(8-6-10-28-23(27)40)31-18(35)12-29-17(34)11-25;1-4-6-7-8-19(24)23-21(26)18(17-32-31-3)22-20(25)9-10-28-13-14-30-16-15-29-12-11-27-5-2;2-1-3;/h13-16,25H,3-12,24H2,1-2H3,(H2,26,36)(H,29,34)(H,30,38)(H,31,35)(H,32,39)(H,33,37)(H3,27,28,40);18-19,24H,4-17H2,1-3H3,(H,22,25)(H,23,26);1H,(H,2,3);/q-1;;;. The molecule has 10 amide bonds. The van der Waals surface area contributed by atoms with Crippen molar-refractivity contribution in [3.05, 3.63) is 5.73 Å². The van der Waals surface area contributed by atoms with Gasteiger partial charge in [-0.05, 0) is 78.0 Å². The van der Waals surface area contributed by atoms with Crippen LogP contribution in [0.1, 0.15) is 98.3 Å². The number of rotatable bonds is 43. The van der Waals surface area contributed by atoms with Gasteiger partial charge in [-0.3, -0.25) is 43.2 Å². The van der Waals surface area contributed by atoms with Gasteiger partial charge in [0.05, 0.1) is 52.8 Å². The zero-order chi connectivity index (χ0) is 57.2. The molecule has 0 radical (unpaired) electrons. The zero-order valence-electron chi connectivity index (χ0n) is 44.6. The number of nitrogens with one attached hydrogen (secondary N) is 9. The summed E-state index contributed by atoms with van der Waals surface area (Å²) in [5.41, 5.74) is 22.8. The van der Waals surface area contributed by atoms with Gasteiger partial charge in [0.2, 0.25) is 41.4 Å². The van der Waals surface area contributed by atoms with Gasteiger partial charge in [0.25, 0.3) is 6.47 Å². The molecule has 6 unspecified atom stereocenters. The van der Waals surface area contributed by atoms with Gasteiger partial charge in [0, 0.05) is 46.4 Å². The van der Waals surface area contributed by atoms with Crippen LogP contribution in [0.4, 0.5) is 4.79 Å². The maximum atomic E-state index is 12.9. The molecule has 31 heteroatoms. The zero-order valence-corrected chi connectivity index (χ0v) is 49.1. The summed E-state index contributed by atoms with van der Waals surface area (Å²) in [7, 11) is 2.99. The Kier molecular flexibility index (Phi) is 55.5. The molecule has 0 aliphatic heterocycles. The van der Waals surface area contributed by atoms with E-state index in [1.54, 1.807) is 6.92 Å². The number of hydrogen-bond acceptors (Lipinski definition) is 18. The summed E-state index contributed by atoms with van der Waals surface area (Å²) < 4.78 is 21.3. The van der Waals surface area contributed by atoms with E-state index in [2.05, 4.69) is 49.5 Å². The van der Waals surface area contributed by atoms with Crippen LogP contribution in [0.5, 0.6) is 0 Å². The topological polar surface area (TPSA) is 446 Å². The van der Waals surface area contributed by atoms with Crippen LogP contribution in [0, 0.1) is 0 Å². The van der Waals surface area contributed by atoms with Crippen LogP contribution in [-0.2, 0) is 83.2 Å². The second-order valence-electron chi connectivity index (χ2n) is 15.9. The molecule has 76 heavy (non-hydrogen) atoms. The SMILES string of the molecule is CCC(NC(=O)C(CCCCN)NC(=O)C(C)NC(=O)C(CCCNC(N)=O)NC(=O)CNC(=O)C[NH-])C(N)=O.CCCCCC(O)NC(=O)C(CSSC)NC(=O)CCOCCOCCOCCOCC.O=CO.[W]. The van der Waals surface area contributed by atoms with Crippen LogP contribution < -0.4 is 59.7 Å². The fourth-order valence-electron chi connectivity index (χ4n) is 5.84. The maximum absolute atomic E-state index is 12.9. The van der Waals surface area contributed by atoms with Gasteiger partial charge in [0.15, 0.2) is 5.91 Å². The summed E-state index contributed by atoms with van der Waals surface area (Å²) in [5.74, 6) is -4.38. The first-order valence-corrected chi connectivity index (χ1v) is 27.5. The minimum atomic E-state index is -1.14. The number of carbonyl (C=O) groups is 10. The van der Waals surface area contributed by atoms with Crippen LogP contribution in [0.2, 0.25) is 0 Å². The van der Waals surface area contributed by atoms with Gasteiger partial charge in [-0.2, -0.15) is 0 Å². The largest absolute Gasteiger partial charge is 0.670 e. The van der Waals surface area contributed by atoms with Crippen molar-refractivity contribution in [2.75, 3.05) is 91.0 Å². The van der Waals surface area contributed by atoms with E-state index in [0.717, 1.165) is 19.3 Å². The Morgan fingerprint density at radius 2 is 1.14 bits per heavy atom. The third-order valence-electron chi connectivity index (χ3n) is 9.82. The Morgan fingerprint density at radius 1 is 0.632 bits per heavy atom. The third kappa shape index (κ3) is 46.9. The molecule has 28 nitrogen and oxygen atoms in total. The van der Waals surface area contributed by atoms with Crippen molar-refractivity contribution in [2.24, 2.45) is 17.2 Å². The molecule has 0 heterocycles. The van der Waals surface area contributed by atoms with E-state index in [9.17, 15) is 48.3 Å². The van der Waals surface area contributed by atoms with Gasteiger partial charge in [-0.15, -0.1) is 0 Å². The molecule has 0 aliphatic carbocycles. The molecular formula is C45H87N12O16S2W-. The van der Waals surface area contributed by atoms with Crippen molar-refractivity contribution in [3.63, 3.8) is 0 Å². The van der Waals surface area contributed by atoms with Crippen LogP contribution >= 0.6 is 21.6 Å². The maximum Gasteiger partial charge on any atom is 0.312 e. The number of nitrogens with two attached hydrogens (primary N) is 3. The van der Waals surface area contributed by atoms with Gasteiger partial charge >= 0.3 is 6.03 Å². The molecule has 0 saturated carbocycles. The average Bonchev–Trinajstić information content (AvgIpc) is 3.37. The Morgan fingerprint density at radius 3 is 1.67 bits per heavy atom. The fourth-order valence-corrected chi connectivity index (χ4v) is 7.16. The Labute approximate surface area is 468 Å². The summed E-state index contributed by atoms with van der Waals surface area (Å²) in [6, 6.07) is -5.69. The van der Waals surface area contributed by atoms with Crippen LogP contribution in [0.3, 0.4) is 0 Å². The van der Waals surface area contributed by atoms with Crippen molar-refractivity contribution >= 4 is 81.3 Å². The van der Waals surface area contributed by atoms with Crippen LogP contribution in [0.25, 0.3) is 5.73 Å². The number of urea groups is 1. The molecule has 0 bridgehead atoms. The van der Waals surface area contributed by atoms with Crippen LogP contribution in [0.15, 0.2) is 0 Å². The minimum absolute atomic E-state index is 0. The molecule has 17 N–H and O–H groups in total. The van der Waals surface area contributed by atoms with E-state index in [1.165, 1.54) is 28.5 Å². The predicted octanol–water partition coefficient (Wildman–Crippen LogP) is -1.74. The molecule has 0 spiro atoms. The molecule has 6 atom stereocenters. The van der Waals surface area contributed by atoms with Crippen molar-refractivity contribution in [3.8, 4) is 0 Å². The number of primary amides is 2. The molecular weight excluding hydrogens is 1210 g/mol. The van der Waals surface area contributed by atoms with Crippen molar-refractivity contribution < 1.29 is 98.2 Å². The van der Waals surface area contributed by atoms with Crippen molar-refractivity contribution in [1.29, 1.82) is 0 Å². The molecule has 0 aromatic rings. The van der Waals surface area contributed by atoms with E-state index in [0.29, 0.717) is 77.8 Å². The predicted molar refractivity (Wildman–Crippen MR) is 283 cm³/mol. The molecule has 0 fully saturated rings. The number of carbonyl (C=O) groups excluding carboxylic acids is 9. The second-order valence-corrected chi connectivity index (χ2v) is 18.5. The number of aliphatic hydroxyl groups excluding tert-OH is 1. The summed E-state index contributed by atoms with van der Waals surface area (Å²) >= 11 is 0. The molecule has 442 valence electrons. The molecule has 0 aromatic carbocycles. The van der Waals surface area contributed by atoms with Crippen molar-refractivity contribution in [1.82, 2.24) is 42.5 Å². The number of aliphatic hydroxyl groups is 1. The first kappa shape index (κ1) is 78.1. The summed E-state index contributed by atoms with van der Waals surface area (Å²) in [6.07, 6.45) is 6.41. The average molecular weight is 1300 g/mol. The van der Waals surface area contributed by atoms with Gasteiger partial charge in [0.1, 0.15) is 36.4 Å². The minimum Gasteiger partial charge on any atom is -0.670 e. The van der Waals surface area contributed by atoms with E-state index in [4.69, 9.17) is 51.8 Å². The van der Waals surface area contributed by atoms with Crippen molar-refractivity contribution in [2.45, 2.75) is 135 Å². The first-order valence-electron chi connectivity index (χ1n) is 24.8. The van der Waals surface area contributed by atoms with E-state index >= 15 is 0 Å². The third-order valence-corrected chi connectivity index (χ3v) is 11.6. The summed E-state index contributed by atoms with van der Waals surface area (Å²) in [4.78, 5) is 117. The van der Waals surface area contributed by atoms with E-state index < -0.39 is 91.0 Å². The number of carboxylic acid groups (broad SMARTS) is 1. The van der Waals surface area contributed by atoms with E-state index in [-0.39, 0.29) is 84.6 Å². The first-order chi connectivity index (χ1) is 35.8. The summed E-state index contributed by atoms with van der Waals surface area (Å²) in [6.45, 7) is 10.1. The Bertz CT molecular complexity index is 1620. The summed E-state index contributed by atoms with van der Waals surface area (Å²) in [5, 5.41) is 36.7. The van der Waals surface area contributed by atoms with Gasteiger partial charge < -0.3 is 94.6 Å². The number of amides is 10. The Balaban J connectivity index is -0.000000653. The normalized spacial score (nSPS) is 12.7.